The van der Waals surface area contributed by atoms with Crippen LogP contribution in [0, 0.1) is 0 Å². The van der Waals surface area contributed by atoms with Gasteiger partial charge in [0.15, 0.2) is 0 Å². The second-order valence-corrected chi connectivity index (χ2v) is 12.5. The van der Waals surface area contributed by atoms with Gasteiger partial charge in [-0.1, -0.05) is 97.3 Å². The third-order valence-electron chi connectivity index (χ3n) is 6.16. The first-order chi connectivity index (χ1) is 17.6. The van der Waals surface area contributed by atoms with Gasteiger partial charge in [0.2, 0.25) is 0 Å². The summed E-state index contributed by atoms with van der Waals surface area (Å²) >= 11 is 0. The van der Waals surface area contributed by atoms with Crippen LogP contribution in [0.1, 0.15) is 117 Å². The lowest BCUT2D eigenvalue weighted by molar-refractivity contribution is -0.870. The summed E-state index contributed by atoms with van der Waals surface area (Å²) in [6.07, 6.45) is 17.6. The number of likely N-dealkylation sites (N-methyl/N-ethyl adjacent to an activating group) is 1. The smallest absolute Gasteiger partial charge is 0.306 e. The van der Waals surface area contributed by atoms with Crippen molar-refractivity contribution in [3.8, 4) is 0 Å². The minimum Gasteiger partial charge on any atom is -0.756 e. The Morgan fingerprint density at radius 1 is 0.730 bits per heavy atom. The van der Waals surface area contributed by atoms with Gasteiger partial charge in [-0.15, -0.1) is 0 Å². The van der Waals surface area contributed by atoms with Crippen molar-refractivity contribution in [2.75, 3.05) is 54.1 Å². The van der Waals surface area contributed by atoms with E-state index in [1.807, 2.05) is 21.1 Å². The Kier molecular flexibility index (Phi) is 23.1. The van der Waals surface area contributed by atoms with Gasteiger partial charge in [-0.3, -0.25) is 9.36 Å². The number of nitrogens with zero attached hydrogens (tertiary/aromatic N) is 1. The zero-order chi connectivity index (χ0) is 27.8. The molecule has 0 aromatic heterocycles. The number of hydrogen-bond donors (Lipinski definition) is 0. The standard InChI is InChI=1S/C28H58NO7P/c1-6-8-10-11-12-13-14-15-16-17-18-19-20-21-28(30)36-27(25-33-23-9-7-2)26-35-37(31,32)34-24-22-29(3,4)5/h27H,6-26H2,1-5H3/t27-/m1/s1. The molecule has 0 fully saturated rings. The van der Waals surface area contributed by atoms with Crippen molar-refractivity contribution < 1.29 is 37.3 Å². The first-order valence-electron chi connectivity index (χ1n) is 14.8. The van der Waals surface area contributed by atoms with Crippen LogP contribution in [0.3, 0.4) is 0 Å². The highest BCUT2D eigenvalue weighted by atomic mass is 31.2. The first kappa shape index (κ1) is 36.5. The Hall–Kier alpha value is -0.500. The molecule has 0 aliphatic carbocycles. The molecule has 1 unspecified atom stereocenters. The number of hydrogen-bond acceptors (Lipinski definition) is 7. The topological polar surface area (TPSA) is 94.1 Å². The number of quaternary nitrogens is 1. The number of rotatable bonds is 27. The maximum absolute atomic E-state index is 12.3. The highest BCUT2D eigenvalue weighted by Gasteiger charge is 2.20. The molecule has 0 aliphatic heterocycles. The average molecular weight is 552 g/mol. The Morgan fingerprint density at radius 2 is 1.24 bits per heavy atom. The molecule has 0 bridgehead atoms. The predicted molar refractivity (Wildman–Crippen MR) is 148 cm³/mol. The van der Waals surface area contributed by atoms with Crippen LogP contribution in [0.4, 0.5) is 0 Å². The molecule has 222 valence electrons. The van der Waals surface area contributed by atoms with Crippen LogP contribution >= 0.6 is 7.82 Å². The summed E-state index contributed by atoms with van der Waals surface area (Å²) in [6.45, 7) is 5.18. The molecule has 0 saturated heterocycles. The van der Waals surface area contributed by atoms with E-state index < -0.39 is 13.9 Å². The molecule has 0 spiro atoms. The Balaban J connectivity index is 4.11. The molecule has 0 heterocycles. The van der Waals surface area contributed by atoms with Crippen molar-refractivity contribution in [1.29, 1.82) is 0 Å². The molecule has 0 aliphatic rings. The number of ether oxygens (including phenoxy) is 2. The summed E-state index contributed by atoms with van der Waals surface area (Å²) in [6, 6.07) is 0. The van der Waals surface area contributed by atoms with E-state index in [1.54, 1.807) is 0 Å². The summed E-state index contributed by atoms with van der Waals surface area (Å²) in [7, 11) is 1.36. The summed E-state index contributed by atoms with van der Waals surface area (Å²) in [5.74, 6) is -0.345. The van der Waals surface area contributed by atoms with Crippen LogP contribution in [0.25, 0.3) is 0 Å². The van der Waals surface area contributed by atoms with Gasteiger partial charge < -0.3 is 27.9 Å². The molecule has 8 nitrogen and oxygen atoms in total. The van der Waals surface area contributed by atoms with Gasteiger partial charge in [-0.05, 0) is 12.8 Å². The van der Waals surface area contributed by atoms with Crippen molar-refractivity contribution in [3.63, 3.8) is 0 Å². The van der Waals surface area contributed by atoms with Gasteiger partial charge >= 0.3 is 5.97 Å². The number of esters is 1. The largest absolute Gasteiger partial charge is 0.756 e. The molecule has 0 rings (SSSR count). The van der Waals surface area contributed by atoms with Crippen LogP contribution in [-0.2, 0) is 27.9 Å². The summed E-state index contributed by atoms with van der Waals surface area (Å²) in [5.41, 5.74) is 0. The van der Waals surface area contributed by atoms with Crippen molar-refractivity contribution in [2.45, 2.75) is 123 Å². The lowest BCUT2D eigenvalue weighted by Gasteiger charge is -2.28. The number of carbonyl (C=O) groups is 1. The van der Waals surface area contributed by atoms with Gasteiger partial charge in [0, 0.05) is 13.0 Å². The number of phosphoric ester groups is 1. The zero-order valence-electron chi connectivity index (χ0n) is 24.7. The second kappa shape index (κ2) is 23.4. The van der Waals surface area contributed by atoms with Crippen molar-refractivity contribution in [3.05, 3.63) is 0 Å². The lowest BCUT2D eigenvalue weighted by atomic mass is 10.0. The van der Waals surface area contributed by atoms with Crippen molar-refractivity contribution in [1.82, 2.24) is 0 Å². The van der Waals surface area contributed by atoms with Gasteiger partial charge in [-0.2, -0.15) is 0 Å². The zero-order valence-corrected chi connectivity index (χ0v) is 25.6. The van der Waals surface area contributed by atoms with Crippen LogP contribution in [0.15, 0.2) is 0 Å². The lowest BCUT2D eigenvalue weighted by Crippen LogP contribution is -2.37. The van der Waals surface area contributed by atoms with Gasteiger partial charge in [0.1, 0.15) is 19.3 Å². The first-order valence-corrected chi connectivity index (χ1v) is 16.2. The third-order valence-corrected chi connectivity index (χ3v) is 7.12. The average Bonchev–Trinajstić information content (AvgIpc) is 2.82. The fourth-order valence-electron chi connectivity index (χ4n) is 3.75. The maximum atomic E-state index is 12.3. The molecular formula is C28H58NO7P. The maximum Gasteiger partial charge on any atom is 0.306 e. The molecule has 2 atom stereocenters. The quantitative estimate of drug-likeness (QED) is 0.0504. The number of unbranched alkanes of at least 4 members (excludes halogenated alkanes) is 13. The molecule has 37 heavy (non-hydrogen) atoms. The minimum atomic E-state index is -4.48. The van der Waals surface area contributed by atoms with Gasteiger partial charge in [0.05, 0.1) is 34.4 Å². The SMILES string of the molecule is CCCCCCCCCCCCCCCC(=O)O[C@H](COCCCC)COP(=O)([O-])OCC[N+](C)(C)C. The highest BCUT2D eigenvalue weighted by Crippen LogP contribution is 2.38. The van der Waals surface area contributed by atoms with Crippen molar-refractivity contribution >= 4 is 13.8 Å². The molecule has 0 aromatic rings. The van der Waals surface area contributed by atoms with Gasteiger partial charge in [-0.25, -0.2) is 0 Å². The van der Waals surface area contributed by atoms with Crippen LogP contribution in [0.2, 0.25) is 0 Å². The van der Waals surface area contributed by atoms with E-state index >= 15 is 0 Å². The highest BCUT2D eigenvalue weighted by molar-refractivity contribution is 7.45. The Bertz CT molecular complexity index is 583. The Morgan fingerprint density at radius 3 is 1.76 bits per heavy atom. The molecule has 0 N–H and O–H groups in total. The fourth-order valence-corrected chi connectivity index (χ4v) is 4.48. The minimum absolute atomic E-state index is 0.0286. The number of phosphoric acid groups is 1. The van der Waals surface area contributed by atoms with Crippen LogP contribution < -0.4 is 4.89 Å². The Labute approximate surface area is 228 Å². The van der Waals surface area contributed by atoms with Gasteiger partial charge in [0.25, 0.3) is 7.82 Å². The van der Waals surface area contributed by atoms with E-state index in [0.29, 0.717) is 24.1 Å². The monoisotopic (exact) mass is 551 g/mol. The summed E-state index contributed by atoms with van der Waals surface area (Å²) < 4.78 is 33.6. The molecule has 9 heteroatoms. The van der Waals surface area contributed by atoms with Crippen LogP contribution in [0.5, 0.6) is 0 Å². The van der Waals surface area contributed by atoms with E-state index in [9.17, 15) is 14.3 Å². The molecule has 0 radical (unpaired) electrons. The van der Waals surface area contributed by atoms with E-state index in [0.717, 1.165) is 32.1 Å². The molecule has 0 amide bonds. The fraction of sp³-hybridized carbons (Fsp3) is 0.964. The van der Waals surface area contributed by atoms with Crippen molar-refractivity contribution in [2.24, 2.45) is 0 Å². The predicted octanol–water partition coefficient (Wildman–Crippen LogP) is 6.40. The van der Waals surface area contributed by atoms with E-state index in [2.05, 4.69) is 13.8 Å². The van der Waals surface area contributed by atoms with E-state index in [4.69, 9.17) is 18.5 Å². The summed E-state index contributed by atoms with van der Waals surface area (Å²) in [4.78, 5) is 24.4. The normalized spacial score (nSPS) is 14.4. The molecular weight excluding hydrogens is 493 g/mol. The van der Waals surface area contributed by atoms with E-state index in [1.165, 1.54) is 64.2 Å². The molecule has 0 aromatic carbocycles. The van der Waals surface area contributed by atoms with E-state index in [-0.39, 0.29) is 25.8 Å². The van der Waals surface area contributed by atoms with Crippen LogP contribution in [-0.4, -0.2) is 70.7 Å². The summed E-state index contributed by atoms with van der Waals surface area (Å²) in [5, 5.41) is 0. The number of carbonyl (C=O) groups excluding carboxylic acids is 1. The second-order valence-electron chi connectivity index (χ2n) is 11.1. The molecule has 0 saturated carbocycles. The third kappa shape index (κ3) is 26.9.